The van der Waals surface area contributed by atoms with Gasteiger partial charge in [-0.1, -0.05) is 6.92 Å². The fraction of sp³-hybridized carbons (Fsp3) is 0.364. The highest BCUT2D eigenvalue weighted by Crippen LogP contribution is 2.20. The minimum Gasteiger partial charge on any atom is -0.345 e. The summed E-state index contributed by atoms with van der Waals surface area (Å²) in [5, 5.41) is 3.66. The van der Waals surface area contributed by atoms with E-state index in [4.69, 9.17) is 0 Å². The lowest BCUT2D eigenvalue weighted by Gasteiger charge is -2.05. The van der Waals surface area contributed by atoms with Crippen LogP contribution in [0.1, 0.15) is 6.92 Å². The van der Waals surface area contributed by atoms with Crippen molar-refractivity contribution >= 4 is 33.5 Å². The van der Waals surface area contributed by atoms with Gasteiger partial charge < -0.3 is 10.3 Å². The first-order chi connectivity index (χ1) is 8.65. The number of hydrogen-bond donors (Lipinski definition) is 3. The van der Waals surface area contributed by atoms with Crippen LogP contribution in [0, 0.1) is 0 Å². The summed E-state index contributed by atoms with van der Waals surface area (Å²) in [6.45, 7) is 3.76. The number of aromatic amines is 1. The zero-order valence-electron chi connectivity index (χ0n) is 10.5. The van der Waals surface area contributed by atoms with E-state index in [1.807, 2.05) is 6.92 Å². The van der Waals surface area contributed by atoms with Gasteiger partial charge in [0.2, 0.25) is 10.0 Å². The molecule has 3 N–H and O–H groups in total. The van der Waals surface area contributed by atoms with E-state index < -0.39 is 10.0 Å². The van der Waals surface area contributed by atoms with Crippen molar-refractivity contribution in [2.75, 3.05) is 19.6 Å². The van der Waals surface area contributed by atoms with Crippen LogP contribution in [0.5, 0.6) is 0 Å². The first kappa shape index (κ1) is 15.9. The Kier molecular flexibility index (Phi) is 5.74. The van der Waals surface area contributed by atoms with Crippen molar-refractivity contribution in [1.82, 2.24) is 20.0 Å². The molecule has 0 aromatic carbocycles. The average Bonchev–Trinajstić information content (AvgIpc) is 2.79. The van der Waals surface area contributed by atoms with E-state index in [1.54, 1.807) is 18.3 Å². The molecule has 2 aromatic heterocycles. The largest absolute Gasteiger partial charge is 0.345 e. The molecule has 2 aromatic rings. The summed E-state index contributed by atoms with van der Waals surface area (Å²) in [6.07, 6.45) is 3.08. The van der Waals surface area contributed by atoms with Crippen molar-refractivity contribution in [3.05, 3.63) is 24.5 Å². The van der Waals surface area contributed by atoms with Crippen LogP contribution >= 0.6 is 12.4 Å². The number of H-pyrrole nitrogens is 1. The maximum Gasteiger partial charge on any atom is 0.242 e. The third kappa shape index (κ3) is 3.66. The number of pyridine rings is 1. The van der Waals surface area contributed by atoms with Gasteiger partial charge in [0.05, 0.1) is 0 Å². The Morgan fingerprint density at radius 1 is 1.37 bits per heavy atom. The van der Waals surface area contributed by atoms with Gasteiger partial charge in [-0.15, -0.1) is 12.4 Å². The molecular weight excluding hydrogens is 288 g/mol. The molecule has 0 bridgehead atoms. The highest BCUT2D eigenvalue weighted by Gasteiger charge is 2.18. The van der Waals surface area contributed by atoms with Crippen molar-refractivity contribution in [3.63, 3.8) is 0 Å². The highest BCUT2D eigenvalue weighted by molar-refractivity contribution is 7.89. The van der Waals surface area contributed by atoms with Crippen molar-refractivity contribution in [2.24, 2.45) is 0 Å². The molecule has 0 saturated carbocycles. The molecule has 0 spiro atoms. The van der Waals surface area contributed by atoms with Crippen LogP contribution in [0.2, 0.25) is 0 Å². The van der Waals surface area contributed by atoms with E-state index >= 15 is 0 Å². The van der Waals surface area contributed by atoms with E-state index in [0.717, 1.165) is 6.54 Å². The van der Waals surface area contributed by atoms with Gasteiger partial charge in [-0.25, -0.2) is 18.1 Å². The Balaban J connectivity index is 0.00000180. The van der Waals surface area contributed by atoms with E-state index in [0.29, 0.717) is 24.1 Å². The van der Waals surface area contributed by atoms with Gasteiger partial charge in [0, 0.05) is 30.9 Å². The van der Waals surface area contributed by atoms with Gasteiger partial charge in [0.1, 0.15) is 10.5 Å². The van der Waals surface area contributed by atoms with Crippen LogP contribution in [-0.2, 0) is 10.0 Å². The summed E-state index contributed by atoms with van der Waals surface area (Å²) in [5.41, 5.74) is 0.574. The monoisotopic (exact) mass is 304 g/mol. The zero-order valence-corrected chi connectivity index (χ0v) is 12.1. The van der Waals surface area contributed by atoms with Crippen LogP contribution in [0.25, 0.3) is 11.0 Å². The molecule has 2 rings (SSSR count). The Bertz CT molecular complexity index is 626. The molecule has 0 radical (unpaired) electrons. The first-order valence-corrected chi connectivity index (χ1v) is 7.26. The maximum atomic E-state index is 12.1. The molecule has 19 heavy (non-hydrogen) atoms. The number of fused-ring (bicyclic) bond motifs is 1. The molecular formula is C11H17ClN4O2S. The third-order valence-electron chi connectivity index (χ3n) is 2.55. The SMILES string of the molecule is CCNCCNS(=O)(=O)c1c[nH]c2ncccc12.Cl. The predicted molar refractivity (Wildman–Crippen MR) is 77.1 cm³/mol. The van der Waals surface area contributed by atoms with Crippen molar-refractivity contribution < 1.29 is 8.42 Å². The molecule has 6 nitrogen and oxygen atoms in total. The molecule has 8 heteroatoms. The Morgan fingerprint density at radius 2 is 2.16 bits per heavy atom. The molecule has 0 aliphatic carbocycles. The molecule has 0 fully saturated rings. The van der Waals surface area contributed by atoms with E-state index in [1.165, 1.54) is 6.20 Å². The summed E-state index contributed by atoms with van der Waals surface area (Å²) < 4.78 is 26.7. The zero-order chi connectivity index (χ0) is 13.0. The second-order valence-corrected chi connectivity index (χ2v) is 5.54. The van der Waals surface area contributed by atoms with E-state index in [-0.39, 0.29) is 17.3 Å². The minimum atomic E-state index is -3.49. The lowest BCUT2D eigenvalue weighted by molar-refractivity contribution is 0.578. The molecule has 0 amide bonds. The van der Waals surface area contributed by atoms with Gasteiger partial charge in [0.15, 0.2) is 0 Å². The first-order valence-electron chi connectivity index (χ1n) is 5.77. The normalized spacial score (nSPS) is 11.4. The smallest absolute Gasteiger partial charge is 0.242 e. The van der Waals surface area contributed by atoms with Crippen molar-refractivity contribution in [1.29, 1.82) is 0 Å². The van der Waals surface area contributed by atoms with Gasteiger partial charge in [-0.3, -0.25) is 0 Å². The van der Waals surface area contributed by atoms with Crippen LogP contribution in [0.3, 0.4) is 0 Å². The summed E-state index contributed by atoms with van der Waals surface area (Å²) in [5.74, 6) is 0. The van der Waals surface area contributed by atoms with Crippen molar-refractivity contribution in [2.45, 2.75) is 11.8 Å². The van der Waals surface area contributed by atoms with Crippen molar-refractivity contribution in [3.8, 4) is 0 Å². The fourth-order valence-electron chi connectivity index (χ4n) is 1.68. The van der Waals surface area contributed by atoms with Gasteiger partial charge in [-0.2, -0.15) is 0 Å². The molecule has 0 atom stereocenters. The number of likely N-dealkylation sites (N-methyl/N-ethyl adjacent to an activating group) is 1. The number of sulfonamides is 1. The average molecular weight is 305 g/mol. The number of halogens is 1. The third-order valence-corrected chi connectivity index (χ3v) is 4.05. The molecule has 0 aliphatic heterocycles. The van der Waals surface area contributed by atoms with Gasteiger partial charge >= 0.3 is 0 Å². The van der Waals surface area contributed by atoms with Crippen LogP contribution in [0.4, 0.5) is 0 Å². The standard InChI is InChI=1S/C11H16N4O2S.ClH/c1-2-12-6-7-15-18(16,17)10-8-14-11-9(10)4-3-5-13-11;/h3-5,8,12,15H,2,6-7H2,1H3,(H,13,14);1H. The fourth-order valence-corrected chi connectivity index (χ4v) is 2.88. The lowest BCUT2D eigenvalue weighted by Crippen LogP contribution is -2.31. The predicted octanol–water partition coefficient (Wildman–Crippen LogP) is 0.873. The molecule has 2 heterocycles. The number of nitrogens with zero attached hydrogens (tertiary/aromatic N) is 1. The number of rotatable bonds is 6. The van der Waals surface area contributed by atoms with Gasteiger partial charge in [0.25, 0.3) is 0 Å². The molecule has 0 unspecified atom stereocenters. The minimum absolute atomic E-state index is 0. The molecule has 0 aliphatic rings. The summed E-state index contributed by atoms with van der Waals surface area (Å²) >= 11 is 0. The molecule has 106 valence electrons. The summed E-state index contributed by atoms with van der Waals surface area (Å²) in [7, 11) is -3.49. The maximum absolute atomic E-state index is 12.1. The summed E-state index contributed by atoms with van der Waals surface area (Å²) in [4.78, 5) is 7.15. The number of hydrogen-bond acceptors (Lipinski definition) is 4. The number of aromatic nitrogens is 2. The molecule has 0 saturated heterocycles. The summed E-state index contributed by atoms with van der Waals surface area (Å²) in [6, 6.07) is 3.45. The van der Waals surface area contributed by atoms with Crippen LogP contribution in [-0.4, -0.2) is 38.0 Å². The Hall–Kier alpha value is -1.15. The highest BCUT2D eigenvalue weighted by atomic mass is 35.5. The van der Waals surface area contributed by atoms with E-state index in [2.05, 4.69) is 20.0 Å². The van der Waals surface area contributed by atoms with Gasteiger partial charge in [-0.05, 0) is 18.7 Å². The van der Waals surface area contributed by atoms with E-state index in [9.17, 15) is 8.42 Å². The van der Waals surface area contributed by atoms with Crippen LogP contribution in [0.15, 0.2) is 29.4 Å². The Morgan fingerprint density at radius 3 is 2.89 bits per heavy atom. The Labute approximate surface area is 118 Å². The second kappa shape index (κ2) is 6.85. The topological polar surface area (TPSA) is 86.9 Å². The second-order valence-electron chi connectivity index (χ2n) is 3.80. The quantitative estimate of drug-likeness (QED) is 0.691. The van der Waals surface area contributed by atoms with Crippen LogP contribution < -0.4 is 10.0 Å². The number of nitrogens with one attached hydrogen (secondary N) is 3. The lowest BCUT2D eigenvalue weighted by atomic mass is 10.3.